The molecule has 1 saturated heterocycles. The van der Waals surface area contributed by atoms with Gasteiger partial charge < -0.3 is 4.79 Å². The highest BCUT2D eigenvalue weighted by molar-refractivity contribution is 6.31. The zero-order chi connectivity index (χ0) is 22.9. The molecule has 1 aliphatic heterocycles. The van der Waals surface area contributed by atoms with E-state index in [1.807, 2.05) is 43.3 Å². The van der Waals surface area contributed by atoms with Crippen LogP contribution in [0.2, 0.25) is 15.3 Å². The number of hydrogen-bond acceptors (Lipinski definition) is 4. The minimum absolute atomic E-state index is 0.0344. The smallest absolute Gasteiger partial charge is 0.235 e. The van der Waals surface area contributed by atoms with E-state index in [2.05, 4.69) is 9.97 Å². The number of anilines is 1. The fourth-order valence-corrected chi connectivity index (χ4v) is 4.89. The van der Waals surface area contributed by atoms with Crippen molar-refractivity contribution in [2.45, 2.75) is 31.7 Å². The molecule has 5 nitrogen and oxygen atoms in total. The van der Waals surface area contributed by atoms with Crippen molar-refractivity contribution in [1.82, 2.24) is 9.97 Å². The minimum Gasteiger partial charge on any atom is -0.303 e. The Morgan fingerprint density at radius 1 is 1.06 bits per heavy atom. The van der Waals surface area contributed by atoms with Crippen LogP contribution in [0.15, 0.2) is 60.8 Å². The maximum atomic E-state index is 13.9. The number of rotatable bonds is 5. The third-order valence-corrected chi connectivity index (χ3v) is 6.61. The van der Waals surface area contributed by atoms with Crippen molar-refractivity contribution in [2.75, 3.05) is 4.90 Å². The molecule has 1 aromatic heterocycles. The molecule has 3 aromatic rings. The Morgan fingerprint density at radius 2 is 1.81 bits per heavy atom. The normalized spacial score (nSPS) is 23.2. The van der Waals surface area contributed by atoms with Crippen LogP contribution in [-0.4, -0.2) is 22.2 Å². The first-order valence-corrected chi connectivity index (χ1v) is 11.2. The molecule has 2 heterocycles. The molecule has 1 aliphatic rings. The number of carbonyl (C=O) groups is 2. The molecule has 1 fully saturated rings. The molecular formula is C24H20Cl3N3O2. The van der Waals surface area contributed by atoms with Gasteiger partial charge >= 0.3 is 0 Å². The number of amides is 1. The Hall–Kier alpha value is -2.47. The molecule has 2 aromatic carbocycles. The second kappa shape index (κ2) is 9.18. The van der Waals surface area contributed by atoms with Gasteiger partial charge in [0.15, 0.2) is 0 Å². The van der Waals surface area contributed by atoms with E-state index in [1.54, 1.807) is 23.1 Å². The van der Waals surface area contributed by atoms with Crippen LogP contribution in [0.3, 0.4) is 0 Å². The quantitative estimate of drug-likeness (QED) is 0.312. The molecule has 0 saturated carbocycles. The van der Waals surface area contributed by atoms with Crippen molar-refractivity contribution in [1.29, 1.82) is 0 Å². The van der Waals surface area contributed by atoms with E-state index in [9.17, 15) is 9.59 Å². The number of aromatic nitrogens is 2. The van der Waals surface area contributed by atoms with Crippen LogP contribution in [0.5, 0.6) is 0 Å². The lowest BCUT2D eigenvalue weighted by molar-refractivity contribution is -0.133. The van der Waals surface area contributed by atoms with Crippen LogP contribution < -0.4 is 4.90 Å². The van der Waals surface area contributed by atoms with Gasteiger partial charge in [-0.1, -0.05) is 54.4 Å². The molecule has 4 rings (SSSR count). The summed E-state index contributed by atoms with van der Waals surface area (Å²) in [6, 6.07) is 16.2. The fourth-order valence-electron chi connectivity index (χ4n) is 4.42. The number of hydrogen-bond donors (Lipinski definition) is 0. The van der Waals surface area contributed by atoms with Gasteiger partial charge in [0.25, 0.3) is 0 Å². The average Bonchev–Trinajstić information content (AvgIpc) is 2.76. The highest BCUT2D eigenvalue weighted by Crippen LogP contribution is 2.52. The van der Waals surface area contributed by atoms with Gasteiger partial charge in [0.2, 0.25) is 11.2 Å². The van der Waals surface area contributed by atoms with Gasteiger partial charge in [0.05, 0.1) is 11.5 Å². The number of aldehydes is 1. The van der Waals surface area contributed by atoms with E-state index < -0.39 is 11.5 Å². The van der Waals surface area contributed by atoms with Crippen LogP contribution in [0, 0.1) is 5.41 Å². The molecule has 0 spiro atoms. The van der Waals surface area contributed by atoms with Crippen LogP contribution in [0.25, 0.3) is 0 Å². The molecular weight excluding hydrogens is 469 g/mol. The first-order chi connectivity index (χ1) is 15.3. The monoisotopic (exact) mass is 487 g/mol. The first kappa shape index (κ1) is 22.7. The Balaban J connectivity index is 1.95. The lowest BCUT2D eigenvalue weighted by Gasteiger charge is -2.48. The zero-order valence-corrected chi connectivity index (χ0v) is 19.5. The predicted molar refractivity (Wildman–Crippen MR) is 126 cm³/mol. The summed E-state index contributed by atoms with van der Waals surface area (Å²) >= 11 is 18.5. The van der Waals surface area contributed by atoms with E-state index in [-0.39, 0.29) is 23.5 Å². The largest absolute Gasteiger partial charge is 0.303 e. The molecule has 0 radical (unpaired) electrons. The van der Waals surface area contributed by atoms with Gasteiger partial charge in [-0.2, -0.15) is 0 Å². The Bertz CT molecular complexity index is 1160. The molecule has 3 atom stereocenters. The van der Waals surface area contributed by atoms with Gasteiger partial charge in [0, 0.05) is 28.6 Å². The van der Waals surface area contributed by atoms with Crippen LogP contribution in [-0.2, 0) is 9.59 Å². The molecule has 8 heteroatoms. The summed E-state index contributed by atoms with van der Waals surface area (Å²) in [5, 5.41) is 1.23. The van der Waals surface area contributed by atoms with Crippen molar-refractivity contribution < 1.29 is 9.59 Å². The molecule has 164 valence electrons. The first-order valence-electron chi connectivity index (χ1n) is 10.1. The minimum atomic E-state index is -0.922. The van der Waals surface area contributed by atoms with E-state index in [4.69, 9.17) is 34.8 Å². The Labute approximate surface area is 201 Å². The summed E-state index contributed by atoms with van der Waals surface area (Å²) < 4.78 is 0. The maximum absolute atomic E-state index is 13.9. The van der Waals surface area contributed by atoms with Crippen molar-refractivity contribution >= 4 is 52.8 Å². The summed E-state index contributed by atoms with van der Waals surface area (Å²) in [4.78, 5) is 35.3. The van der Waals surface area contributed by atoms with E-state index in [0.717, 1.165) is 17.4 Å². The molecule has 1 unspecified atom stereocenters. The predicted octanol–water partition coefficient (Wildman–Crippen LogP) is 6.29. The summed E-state index contributed by atoms with van der Waals surface area (Å²) in [5.74, 6) is 0.0164. The SMILES string of the molecule is C[C@]1(CC=O)CC(c2cccc(Cl)c2)[C@@H](c2ccc(Cl)cc2)N(c2ccnc(Cl)n2)C1=O. The van der Waals surface area contributed by atoms with Crippen LogP contribution in [0.4, 0.5) is 5.82 Å². The third kappa shape index (κ3) is 4.38. The number of benzene rings is 2. The zero-order valence-electron chi connectivity index (χ0n) is 17.2. The molecule has 1 amide bonds. The van der Waals surface area contributed by atoms with Gasteiger partial charge in [0.1, 0.15) is 12.1 Å². The molecule has 32 heavy (non-hydrogen) atoms. The van der Waals surface area contributed by atoms with Crippen molar-refractivity contribution in [3.05, 3.63) is 87.2 Å². The highest BCUT2D eigenvalue weighted by Gasteiger charge is 2.50. The van der Waals surface area contributed by atoms with Crippen LogP contribution >= 0.6 is 34.8 Å². The Kier molecular flexibility index (Phi) is 6.52. The maximum Gasteiger partial charge on any atom is 0.235 e. The van der Waals surface area contributed by atoms with Crippen molar-refractivity contribution in [3.63, 3.8) is 0 Å². The van der Waals surface area contributed by atoms with Gasteiger partial charge in [-0.05, 0) is 59.5 Å². The second-order valence-electron chi connectivity index (χ2n) is 8.15. The summed E-state index contributed by atoms with van der Waals surface area (Å²) in [5.41, 5.74) is 0.928. The van der Waals surface area contributed by atoms with E-state index in [0.29, 0.717) is 22.3 Å². The third-order valence-electron chi connectivity index (χ3n) is 5.95. The number of halogens is 3. The second-order valence-corrected chi connectivity index (χ2v) is 9.36. The summed E-state index contributed by atoms with van der Waals surface area (Å²) in [6.07, 6.45) is 2.86. The lowest BCUT2D eigenvalue weighted by atomic mass is 9.67. The van der Waals surface area contributed by atoms with E-state index >= 15 is 0 Å². The van der Waals surface area contributed by atoms with Crippen molar-refractivity contribution in [3.8, 4) is 0 Å². The topological polar surface area (TPSA) is 63.2 Å². The molecule has 0 bridgehead atoms. The lowest BCUT2D eigenvalue weighted by Crippen LogP contribution is -2.52. The van der Waals surface area contributed by atoms with Gasteiger partial charge in [-0.25, -0.2) is 9.97 Å². The van der Waals surface area contributed by atoms with Gasteiger partial charge in [-0.15, -0.1) is 0 Å². The fraction of sp³-hybridized carbons (Fsp3) is 0.250. The Morgan fingerprint density at radius 3 is 2.47 bits per heavy atom. The standard InChI is InChI=1S/C24H20Cl3N3O2/c1-24(10-12-31)14-19(16-3-2-4-18(26)13-16)21(15-5-7-17(25)8-6-15)30(22(24)32)20-9-11-28-23(27)29-20/h2-9,11-13,19,21H,10,14H2,1H3/t19?,21-,24+/m1/s1. The molecule has 0 N–H and O–H groups in total. The summed E-state index contributed by atoms with van der Waals surface area (Å²) in [6.45, 7) is 1.81. The number of nitrogens with zero attached hydrogens (tertiary/aromatic N) is 3. The van der Waals surface area contributed by atoms with Crippen LogP contribution in [0.1, 0.15) is 42.9 Å². The number of piperidine rings is 1. The summed E-state index contributed by atoms with van der Waals surface area (Å²) in [7, 11) is 0. The van der Waals surface area contributed by atoms with Gasteiger partial charge in [-0.3, -0.25) is 9.69 Å². The van der Waals surface area contributed by atoms with Crippen molar-refractivity contribution in [2.24, 2.45) is 5.41 Å². The average molecular weight is 489 g/mol. The molecule has 0 aliphatic carbocycles. The number of carbonyl (C=O) groups excluding carboxylic acids is 2. The highest BCUT2D eigenvalue weighted by atomic mass is 35.5. The van der Waals surface area contributed by atoms with E-state index in [1.165, 1.54) is 6.20 Å².